The number of nitrogens with one attached hydrogen (secondary N) is 1. The highest BCUT2D eigenvalue weighted by atomic mass is 32.1. The second-order valence-electron chi connectivity index (χ2n) is 3.90. The predicted molar refractivity (Wildman–Crippen MR) is 71.6 cm³/mol. The number of hydrogen-bond acceptors (Lipinski definition) is 4. The molecule has 0 saturated carbocycles. The van der Waals surface area contributed by atoms with Gasteiger partial charge in [-0.15, -0.1) is 0 Å². The monoisotopic (exact) mass is 284 g/mol. The van der Waals surface area contributed by atoms with Gasteiger partial charge < -0.3 is 10.1 Å². The number of thiazole rings is 1. The fourth-order valence-electron chi connectivity index (χ4n) is 1.43. The van der Waals surface area contributed by atoms with Crippen molar-refractivity contribution in [3.63, 3.8) is 0 Å². The van der Waals surface area contributed by atoms with Crippen LogP contribution in [0.5, 0.6) is 5.75 Å². The summed E-state index contributed by atoms with van der Waals surface area (Å²) >= 11 is 1.44. The Morgan fingerprint density at radius 1 is 1.37 bits per heavy atom. The summed E-state index contributed by atoms with van der Waals surface area (Å²) in [6.45, 7) is 3.09. The van der Waals surface area contributed by atoms with E-state index in [0.29, 0.717) is 0 Å². The zero-order chi connectivity index (χ0) is 13.7. The number of rotatable bonds is 6. The number of hydrogen-bond donors (Lipinski definition) is 1. The molecule has 0 radical (unpaired) electrons. The van der Waals surface area contributed by atoms with Crippen LogP contribution >= 0.6 is 11.3 Å². The SMILES string of the molecule is CCCNc1ncc(COc2cccc(F)c2F)s1. The number of benzene rings is 1. The molecule has 0 unspecified atom stereocenters. The molecule has 0 saturated heterocycles. The molecule has 1 aromatic carbocycles. The van der Waals surface area contributed by atoms with Gasteiger partial charge in [-0.3, -0.25) is 0 Å². The van der Waals surface area contributed by atoms with Crippen molar-refractivity contribution in [1.82, 2.24) is 4.98 Å². The third-order valence-corrected chi connectivity index (χ3v) is 3.29. The summed E-state index contributed by atoms with van der Waals surface area (Å²) in [7, 11) is 0. The van der Waals surface area contributed by atoms with Crippen molar-refractivity contribution in [2.24, 2.45) is 0 Å². The van der Waals surface area contributed by atoms with Crippen molar-refractivity contribution in [3.8, 4) is 5.75 Å². The second-order valence-corrected chi connectivity index (χ2v) is 5.01. The van der Waals surface area contributed by atoms with Crippen LogP contribution in [0.3, 0.4) is 0 Å². The Morgan fingerprint density at radius 3 is 3.00 bits per heavy atom. The maximum absolute atomic E-state index is 13.4. The summed E-state index contributed by atoms with van der Waals surface area (Å²) in [6.07, 6.45) is 2.68. The quantitative estimate of drug-likeness (QED) is 0.875. The van der Waals surface area contributed by atoms with Crippen LogP contribution < -0.4 is 10.1 Å². The minimum Gasteiger partial charge on any atom is -0.485 e. The predicted octanol–water partition coefficient (Wildman–Crippen LogP) is 3.82. The normalized spacial score (nSPS) is 10.5. The maximum atomic E-state index is 13.4. The van der Waals surface area contributed by atoms with Crippen molar-refractivity contribution in [2.45, 2.75) is 20.0 Å². The van der Waals surface area contributed by atoms with Gasteiger partial charge in [0.1, 0.15) is 6.61 Å². The summed E-state index contributed by atoms with van der Waals surface area (Å²) < 4.78 is 31.6. The van der Waals surface area contributed by atoms with Gasteiger partial charge in [0, 0.05) is 12.7 Å². The van der Waals surface area contributed by atoms with Crippen molar-refractivity contribution in [2.75, 3.05) is 11.9 Å². The molecule has 2 rings (SSSR count). The molecule has 0 aliphatic rings. The Hall–Kier alpha value is -1.69. The van der Waals surface area contributed by atoms with E-state index in [2.05, 4.69) is 17.2 Å². The molecule has 1 N–H and O–H groups in total. The van der Waals surface area contributed by atoms with Gasteiger partial charge in [-0.25, -0.2) is 9.37 Å². The molecule has 0 fully saturated rings. The van der Waals surface area contributed by atoms with Crippen molar-refractivity contribution < 1.29 is 13.5 Å². The molecule has 1 heterocycles. The number of anilines is 1. The fraction of sp³-hybridized carbons (Fsp3) is 0.308. The molecule has 3 nitrogen and oxygen atoms in total. The van der Waals surface area contributed by atoms with E-state index in [1.165, 1.54) is 23.5 Å². The summed E-state index contributed by atoms with van der Waals surface area (Å²) in [5, 5.41) is 3.96. The molecule has 0 spiro atoms. The number of ether oxygens (including phenoxy) is 1. The Kier molecular flexibility index (Phi) is 4.68. The number of halogens is 2. The Labute approximate surface area is 114 Å². The topological polar surface area (TPSA) is 34.2 Å². The highest BCUT2D eigenvalue weighted by Crippen LogP contribution is 2.23. The van der Waals surface area contributed by atoms with E-state index in [1.807, 2.05) is 0 Å². The van der Waals surface area contributed by atoms with E-state index >= 15 is 0 Å². The Morgan fingerprint density at radius 2 is 2.21 bits per heavy atom. The maximum Gasteiger partial charge on any atom is 0.200 e. The second kappa shape index (κ2) is 6.47. The first-order chi connectivity index (χ1) is 9.20. The summed E-state index contributed by atoms with van der Waals surface area (Å²) in [5.41, 5.74) is 0. The highest BCUT2D eigenvalue weighted by Gasteiger charge is 2.09. The van der Waals surface area contributed by atoms with Crippen molar-refractivity contribution in [3.05, 3.63) is 40.9 Å². The van der Waals surface area contributed by atoms with Crippen molar-refractivity contribution in [1.29, 1.82) is 0 Å². The molecule has 0 atom stereocenters. The van der Waals surface area contributed by atoms with Crippen LogP contribution in [0.15, 0.2) is 24.4 Å². The largest absolute Gasteiger partial charge is 0.485 e. The van der Waals surface area contributed by atoms with Crippen LogP contribution in [0.4, 0.5) is 13.9 Å². The molecule has 1 aromatic heterocycles. The van der Waals surface area contributed by atoms with Gasteiger partial charge in [0.15, 0.2) is 16.7 Å². The van der Waals surface area contributed by atoms with Crippen LogP contribution in [-0.2, 0) is 6.61 Å². The number of aromatic nitrogens is 1. The average Bonchev–Trinajstić information content (AvgIpc) is 2.86. The van der Waals surface area contributed by atoms with Gasteiger partial charge in [0.2, 0.25) is 5.82 Å². The van der Waals surface area contributed by atoms with E-state index in [1.54, 1.807) is 6.20 Å². The molecule has 19 heavy (non-hydrogen) atoms. The average molecular weight is 284 g/mol. The van der Waals surface area contributed by atoms with E-state index < -0.39 is 11.6 Å². The van der Waals surface area contributed by atoms with Gasteiger partial charge >= 0.3 is 0 Å². The Bertz CT molecular complexity index is 545. The van der Waals surface area contributed by atoms with Gasteiger partial charge in [0.25, 0.3) is 0 Å². The molecule has 102 valence electrons. The zero-order valence-corrected chi connectivity index (χ0v) is 11.3. The lowest BCUT2D eigenvalue weighted by atomic mass is 10.3. The molecule has 0 bridgehead atoms. The zero-order valence-electron chi connectivity index (χ0n) is 10.5. The minimum atomic E-state index is -0.962. The fourth-order valence-corrected chi connectivity index (χ4v) is 2.18. The first-order valence-corrected chi connectivity index (χ1v) is 6.77. The van der Waals surface area contributed by atoms with E-state index in [-0.39, 0.29) is 12.4 Å². The first kappa shape index (κ1) is 13.7. The van der Waals surface area contributed by atoms with Gasteiger partial charge in [0.05, 0.1) is 4.88 Å². The van der Waals surface area contributed by atoms with Crippen molar-refractivity contribution >= 4 is 16.5 Å². The van der Waals surface area contributed by atoms with E-state index in [4.69, 9.17) is 4.74 Å². The lowest BCUT2D eigenvalue weighted by Crippen LogP contribution is -1.98. The molecular formula is C13H14F2N2OS. The molecule has 0 aliphatic heterocycles. The van der Waals surface area contributed by atoms with Gasteiger partial charge in [-0.1, -0.05) is 24.3 Å². The standard InChI is InChI=1S/C13H14F2N2OS/c1-2-6-16-13-17-7-9(19-13)8-18-11-5-3-4-10(14)12(11)15/h3-5,7H,2,6,8H2,1H3,(H,16,17). The van der Waals surface area contributed by atoms with E-state index in [0.717, 1.165) is 29.0 Å². The first-order valence-electron chi connectivity index (χ1n) is 5.96. The van der Waals surface area contributed by atoms with Crippen LogP contribution in [0.25, 0.3) is 0 Å². The molecule has 0 amide bonds. The summed E-state index contributed by atoms with van der Waals surface area (Å²) in [6, 6.07) is 3.87. The van der Waals surface area contributed by atoms with Crippen LogP contribution in [0.2, 0.25) is 0 Å². The summed E-state index contributed by atoms with van der Waals surface area (Å²) in [4.78, 5) is 5.01. The molecule has 0 aliphatic carbocycles. The Balaban J connectivity index is 1.95. The molecular weight excluding hydrogens is 270 g/mol. The van der Waals surface area contributed by atoms with Gasteiger partial charge in [-0.05, 0) is 18.6 Å². The van der Waals surface area contributed by atoms with Crippen LogP contribution in [-0.4, -0.2) is 11.5 Å². The van der Waals surface area contributed by atoms with Gasteiger partial charge in [-0.2, -0.15) is 4.39 Å². The van der Waals surface area contributed by atoms with E-state index in [9.17, 15) is 8.78 Å². The summed E-state index contributed by atoms with van der Waals surface area (Å²) in [5.74, 6) is -1.96. The highest BCUT2D eigenvalue weighted by molar-refractivity contribution is 7.15. The van der Waals surface area contributed by atoms with Crippen LogP contribution in [0, 0.1) is 11.6 Å². The smallest absolute Gasteiger partial charge is 0.200 e. The third-order valence-electron chi connectivity index (χ3n) is 2.37. The number of nitrogens with zero attached hydrogens (tertiary/aromatic N) is 1. The lowest BCUT2D eigenvalue weighted by Gasteiger charge is -2.05. The lowest BCUT2D eigenvalue weighted by molar-refractivity contribution is 0.287. The molecule has 2 aromatic rings. The molecule has 6 heteroatoms. The third kappa shape index (κ3) is 3.64. The minimum absolute atomic E-state index is 0.0866. The van der Waals surface area contributed by atoms with Crippen LogP contribution in [0.1, 0.15) is 18.2 Å².